The highest BCUT2D eigenvalue weighted by Crippen LogP contribution is 2.41. The molecule has 4 heterocycles. The molecule has 0 aliphatic carbocycles. The van der Waals surface area contributed by atoms with E-state index >= 15 is 0 Å². The van der Waals surface area contributed by atoms with Gasteiger partial charge >= 0.3 is 6.09 Å². The molecule has 0 spiro atoms. The Hall–Kier alpha value is -3.08. The quantitative estimate of drug-likeness (QED) is 0.449. The summed E-state index contributed by atoms with van der Waals surface area (Å²) in [7, 11) is 0. The fourth-order valence-electron chi connectivity index (χ4n) is 3.99. The summed E-state index contributed by atoms with van der Waals surface area (Å²) in [5.41, 5.74) is 0.982. The average Bonchev–Trinajstić information content (AvgIpc) is 3.55. The van der Waals surface area contributed by atoms with Crippen molar-refractivity contribution in [2.24, 2.45) is 0 Å². The van der Waals surface area contributed by atoms with Gasteiger partial charge in [-0.05, 0) is 36.8 Å². The number of fused-ring (bicyclic) bond motifs is 1. The van der Waals surface area contributed by atoms with Gasteiger partial charge in [0.25, 0.3) is 0 Å². The van der Waals surface area contributed by atoms with Crippen LogP contribution in [0.5, 0.6) is 5.88 Å². The summed E-state index contributed by atoms with van der Waals surface area (Å²) in [6.07, 6.45) is 1.26. The Kier molecular flexibility index (Phi) is 5.96. The SMILES string of the molecule is CCOC(=O)N1CCN([C@@H](c2ccc(Cl)cc2)c2sc3nc(-c4ccco4)nn3c2O)CC1. The maximum Gasteiger partial charge on any atom is 0.409 e. The minimum atomic E-state index is -0.299. The molecule has 0 bridgehead atoms. The van der Waals surface area contributed by atoms with Crippen LogP contribution in [0.25, 0.3) is 16.5 Å². The van der Waals surface area contributed by atoms with E-state index in [0.717, 1.165) is 10.4 Å². The Morgan fingerprint density at radius 2 is 2.00 bits per heavy atom. The lowest BCUT2D eigenvalue weighted by molar-refractivity contribution is 0.0715. The van der Waals surface area contributed by atoms with Gasteiger partial charge in [0.05, 0.1) is 23.8 Å². The van der Waals surface area contributed by atoms with Crippen LogP contribution in [0.4, 0.5) is 4.79 Å². The van der Waals surface area contributed by atoms with Crippen molar-refractivity contribution >= 4 is 34.0 Å². The van der Waals surface area contributed by atoms with Crippen molar-refractivity contribution in [1.82, 2.24) is 24.4 Å². The lowest BCUT2D eigenvalue weighted by atomic mass is 10.0. The normalized spacial score (nSPS) is 15.8. The third-order valence-electron chi connectivity index (χ3n) is 5.58. The van der Waals surface area contributed by atoms with E-state index in [-0.39, 0.29) is 18.0 Å². The summed E-state index contributed by atoms with van der Waals surface area (Å²) < 4.78 is 12.0. The van der Waals surface area contributed by atoms with Crippen LogP contribution in [0, 0.1) is 0 Å². The van der Waals surface area contributed by atoms with Crippen LogP contribution in [-0.2, 0) is 4.74 Å². The predicted octanol–water partition coefficient (Wildman–Crippen LogP) is 4.27. The molecule has 1 aliphatic heterocycles. The summed E-state index contributed by atoms with van der Waals surface area (Å²) in [5, 5.41) is 16.2. The number of carbonyl (C=O) groups excluding carboxylic acids is 1. The van der Waals surface area contributed by atoms with E-state index in [1.54, 1.807) is 30.2 Å². The molecule has 33 heavy (non-hydrogen) atoms. The Morgan fingerprint density at radius 1 is 1.24 bits per heavy atom. The number of ether oxygens (including phenoxy) is 1. The maximum atomic E-state index is 12.1. The van der Waals surface area contributed by atoms with Crippen LogP contribution in [0.15, 0.2) is 47.1 Å². The Morgan fingerprint density at radius 3 is 2.64 bits per heavy atom. The molecule has 0 unspecified atom stereocenters. The third kappa shape index (κ3) is 4.17. The van der Waals surface area contributed by atoms with Crippen LogP contribution in [0.1, 0.15) is 23.4 Å². The molecule has 1 fully saturated rings. The zero-order chi connectivity index (χ0) is 22.9. The molecule has 11 heteroatoms. The largest absolute Gasteiger partial charge is 0.492 e. The van der Waals surface area contributed by atoms with Gasteiger partial charge in [0.2, 0.25) is 16.7 Å². The fourth-order valence-corrected chi connectivity index (χ4v) is 5.23. The van der Waals surface area contributed by atoms with Crippen LogP contribution < -0.4 is 0 Å². The molecule has 3 aromatic heterocycles. The van der Waals surface area contributed by atoms with Gasteiger partial charge in [-0.15, -0.1) is 5.10 Å². The van der Waals surface area contributed by atoms with Gasteiger partial charge in [-0.25, -0.2) is 4.79 Å². The molecule has 1 aromatic carbocycles. The molecule has 172 valence electrons. The molecule has 1 N–H and O–H groups in total. The van der Waals surface area contributed by atoms with E-state index in [4.69, 9.17) is 20.8 Å². The monoisotopic (exact) mass is 487 g/mol. The second kappa shape index (κ2) is 9.05. The third-order valence-corrected chi connectivity index (χ3v) is 6.91. The summed E-state index contributed by atoms with van der Waals surface area (Å²) >= 11 is 7.50. The first-order valence-electron chi connectivity index (χ1n) is 10.6. The maximum absolute atomic E-state index is 12.1. The summed E-state index contributed by atoms with van der Waals surface area (Å²) in [5.74, 6) is 0.989. The van der Waals surface area contributed by atoms with E-state index in [1.807, 2.05) is 24.3 Å². The molecule has 5 rings (SSSR count). The number of carbonyl (C=O) groups is 1. The molecule has 1 aliphatic rings. The molecule has 1 saturated heterocycles. The molecular weight excluding hydrogens is 466 g/mol. The van der Waals surface area contributed by atoms with Gasteiger partial charge in [0.15, 0.2) is 5.76 Å². The number of aromatic hydroxyl groups is 1. The second-order valence-corrected chi connectivity index (χ2v) is 9.02. The smallest absolute Gasteiger partial charge is 0.409 e. The number of aromatic nitrogens is 3. The van der Waals surface area contributed by atoms with Crippen LogP contribution >= 0.6 is 22.9 Å². The highest BCUT2D eigenvalue weighted by Gasteiger charge is 2.33. The average molecular weight is 488 g/mol. The summed E-state index contributed by atoms with van der Waals surface area (Å²) in [4.78, 5) is 21.9. The number of benzene rings is 1. The second-order valence-electron chi connectivity index (χ2n) is 7.57. The zero-order valence-corrected chi connectivity index (χ0v) is 19.4. The van der Waals surface area contributed by atoms with Crippen molar-refractivity contribution in [2.75, 3.05) is 32.8 Å². The molecule has 4 aromatic rings. The van der Waals surface area contributed by atoms with Crippen LogP contribution in [0.2, 0.25) is 5.02 Å². The van der Waals surface area contributed by atoms with Gasteiger partial charge in [0.1, 0.15) is 0 Å². The van der Waals surface area contributed by atoms with Gasteiger partial charge in [0, 0.05) is 31.2 Å². The molecule has 1 amide bonds. The number of nitrogens with zero attached hydrogens (tertiary/aromatic N) is 5. The standard InChI is InChI=1S/C22H22ClN5O4S/c1-2-31-22(30)27-11-9-26(10-12-27)17(14-5-7-15(23)8-6-14)18-20(29)28-21(33-18)24-19(25-28)16-4-3-13-32-16/h3-8,13,17,29H,2,9-12H2,1H3/t17-/m0/s1. The summed E-state index contributed by atoms with van der Waals surface area (Å²) in [6, 6.07) is 10.9. The van der Waals surface area contributed by atoms with Crippen LogP contribution in [-0.4, -0.2) is 68.4 Å². The van der Waals surface area contributed by atoms with Gasteiger partial charge in [-0.1, -0.05) is 35.1 Å². The van der Waals surface area contributed by atoms with Crippen molar-refractivity contribution in [2.45, 2.75) is 13.0 Å². The van der Waals surface area contributed by atoms with Crippen molar-refractivity contribution in [3.05, 3.63) is 58.1 Å². The first-order chi connectivity index (χ1) is 16.0. The van der Waals surface area contributed by atoms with E-state index in [1.165, 1.54) is 15.9 Å². The molecule has 1 atom stereocenters. The Bertz CT molecular complexity index is 1250. The van der Waals surface area contributed by atoms with Crippen molar-refractivity contribution in [1.29, 1.82) is 0 Å². The number of rotatable bonds is 5. The van der Waals surface area contributed by atoms with Crippen LogP contribution in [0.3, 0.4) is 0 Å². The van der Waals surface area contributed by atoms with Crippen molar-refractivity contribution < 1.29 is 19.1 Å². The summed E-state index contributed by atoms with van der Waals surface area (Å²) in [6.45, 7) is 4.46. The highest BCUT2D eigenvalue weighted by atomic mass is 35.5. The number of thiazole rings is 1. The number of hydrogen-bond donors (Lipinski definition) is 1. The van der Waals surface area contributed by atoms with Gasteiger partial charge < -0.3 is 19.2 Å². The lowest BCUT2D eigenvalue weighted by Crippen LogP contribution is -2.49. The minimum absolute atomic E-state index is 0.0353. The minimum Gasteiger partial charge on any atom is -0.492 e. The number of piperazine rings is 1. The molecular formula is C22H22ClN5O4S. The Balaban J connectivity index is 1.48. The van der Waals surface area contributed by atoms with E-state index < -0.39 is 0 Å². The van der Waals surface area contributed by atoms with E-state index in [9.17, 15) is 9.90 Å². The number of halogens is 1. The first-order valence-corrected chi connectivity index (χ1v) is 11.8. The number of furan rings is 1. The van der Waals surface area contributed by atoms with Gasteiger partial charge in [-0.3, -0.25) is 4.90 Å². The fraction of sp³-hybridized carbons (Fsp3) is 0.318. The number of amides is 1. The Labute approximate surface area is 198 Å². The van der Waals surface area contributed by atoms with Gasteiger partial charge in [-0.2, -0.15) is 9.50 Å². The highest BCUT2D eigenvalue weighted by molar-refractivity contribution is 7.17. The van der Waals surface area contributed by atoms with Crippen molar-refractivity contribution in [3.63, 3.8) is 0 Å². The zero-order valence-electron chi connectivity index (χ0n) is 17.8. The lowest BCUT2D eigenvalue weighted by Gasteiger charge is -2.38. The topological polar surface area (TPSA) is 96.3 Å². The predicted molar refractivity (Wildman–Crippen MR) is 124 cm³/mol. The van der Waals surface area contributed by atoms with E-state index in [0.29, 0.717) is 54.4 Å². The first kappa shape index (κ1) is 21.7. The van der Waals surface area contributed by atoms with E-state index in [2.05, 4.69) is 15.0 Å². The molecule has 9 nitrogen and oxygen atoms in total. The number of hydrogen-bond acceptors (Lipinski definition) is 8. The molecule has 0 saturated carbocycles. The van der Waals surface area contributed by atoms with Crippen molar-refractivity contribution in [3.8, 4) is 17.5 Å². The molecule has 0 radical (unpaired) electrons.